The third-order valence-electron chi connectivity index (χ3n) is 3.61. The molecule has 1 saturated heterocycles. The zero-order chi connectivity index (χ0) is 13.0. The summed E-state index contributed by atoms with van der Waals surface area (Å²) in [5.74, 6) is 0. The van der Waals surface area contributed by atoms with Crippen LogP contribution in [0, 0.1) is 0 Å². The third kappa shape index (κ3) is 3.31. The minimum atomic E-state index is -0.166. The molecule has 0 aliphatic carbocycles. The van der Waals surface area contributed by atoms with Gasteiger partial charge in [0.25, 0.3) is 0 Å². The van der Waals surface area contributed by atoms with Crippen molar-refractivity contribution in [1.29, 1.82) is 0 Å². The van der Waals surface area contributed by atoms with E-state index in [4.69, 9.17) is 4.74 Å². The molecule has 2 rings (SSSR count). The van der Waals surface area contributed by atoms with E-state index in [1.165, 1.54) is 11.1 Å². The Bertz CT molecular complexity index is 384. The number of hydrogen-bond acceptors (Lipinski definition) is 3. The van der Waals surface area contributed by atoms with Crippen molar-refractivity contribution < 1.29 is 9.84 Å². The van der Waals surface area contributed by atoms with Gasteiger partial charge in [0.1, 0.15) is 0 Å². The quantitative estimate of drug-likeness (QED) is 0.883. The van der Waals surface area contributed by atoms with Crippen LogP contribution in [0.2, 0.25) is 0 Å². The maximum Gasteiger partial charge on any atom is 0.0594 e. The predicted octanol–water partition coefficient (Wildman–Crippen LogP) is 1.79. The SMILES string of the molecule is CC(C)(CO)c1cccc(CN2CCOCC2)c1. The Labute approximate surface area is 109 Å². The van der Waals surface area contributed by atoms with Gasteiger partial charge in [-0.25, -0.2) is 0 Å². The summed E-state index contributed by atoms with van der Waals surface area (Å²) >= 11 is 0. The molecule has 3 heteroatoms. The second kappa shape index (κ2) is 5.83. The van der Waals surface area contributed by atoms with Gasteiger partial charge in [-0.2, -0.15) is 0 Å². The van der Waals surface area contributed by atoms with E-state index < -0.39 is 0 Å². The average molecular weight is 249 g/mol. The van der Waals surface area contributed by atoms with Crippen LogP contribution in [0.3, 0.4) is 0 Å². The van der Waals surface area contributed by atoms with Crippen molar-refractivity contribution in [3.8, 4) is 0 Å². The Hall–Kier alpha value is -0.900. The van der Waals surface area contributed by atoms with Crippen LogP contribution in [0.25, 0.3) is 0 Å². The van der Waals surface area contributed by atoms with E-state index in [0.29, 0.717) is 0 Å². The van der Waals surface area contributed by atoms with E-state index in [1.807, 2.05) is 0 Å². The molecule has 1 heterocycles. The summed E-state index contributed by atoms with van der Waals surface area (Å²) in [6.07, 6.45) is 0. The van der Waals surface area contributed by atoms with Crippen LogP contribution in [-0.4, -0.2) is 42.9 Å². The van der Waals surface area contributed by atoms with Crippen LogP contribution in [0.1, 0.15) is 25.0 Å². The molecule has 0 unspecified atom stereocenters. The van der Waals surface area contributed by atoms with Gasteiger partial charge in [0.05, 0.1) is 19.8 Å². The highest BCUT2D eigenvalue weighted by Gasteiger charge is 2.20. The van der Waals surface area contributed by atoms with Crippen molar-refractivity contribution in [3.05, 3.63) is 35.4 Å². The Morgan fingerprint density at radius 1 is 1.28 bits per heavy atom. The van der Waals surface area contributed by atoms with Crippen LogP contribution in [0.15, 0.2) is 24.3 Å². The van der Waals surface area contributed by atoms with E-state index in [0.717, 1.165) is 32.8 Å². The Kier molecular flexibility index (Phi) is 4.38. The van der Waals surface area contributed by atoms with Gasteiger partial charge in [0, 0.05) is 25.0 Å². The molecule has 100 valence electrons. The molecule has 0 atom stereocenters. The molecule has 3 nitrogen and oxygen atoms in total. The summed E-state index contributed by atoms with van der Waals surface area (Å²) in [6.45, 7) is 8.97. The number of hydrogen-bond donors (Lipinski definition) is 1. The van der Waals surface area contributed by atoms with Gasteiger partial charge >= 0.3 is 0 Å². The molecule has 1 aliphatic heterocycles. The number of morpholine rings is 1. The highest BCUT2D eigenvalue weighted by atomic mass is 16.5. The number of ether oxygens (including phenoxy) is 1. The molecule has 0 aromatic heterocycles. The fourth-order valence-electron chi connectivity index (χ4n) is 2.20. The van der Waals surface area contributed by atoms with Gasteiger partial charge in [0.2, 0.25) is 0 Å². The maximum atomic E-state index is 9.43. The van der Waals surface area contributed by atoms with Gasteiger partial charge in [-0.05, 0) is 11.1 Å². The van der Waals surface area contributed by atoms with Gasteiger partial charge in [0.15, 0.2) is 0 Å². The molecule has 0 spiro atoms. The Morgan fingerprint density at radius 2 is 2.00 bits per heavy atom. The van der Waals surface area contributed by atoms with Crippen LogP contribution in [-0.2, 0) is 16.7 Å². The van der Waals surface area contributed by atoms with E-state index in [2.05, 4.69) is 43.0 Å². The lowest BCUT2D eigenvalue weighted by atomic mass is 9.85. The summed E-state index contributed by atoms with van der Waals surface area (Å²) in [5, 5.41) is 9.43. The minimum Gasteiger partial charge on any atom is -0.395 e. The lowest BCUT2D eigenvalue weighted by Crippen LogP contribution is -2.35. The highest BCUT2D eigenvalue weighted by Crippen LogP contribution is 2.23. The first kappa shape index (κ1) is 13.5. The summed E-state index contributed by atoms with van der Waals surface area (Å²) < 4.78 is 5.36. The first-order chi connectivity index (χ1) is 8.62. The first-order valence-electron chi connectivity index (χ1n) is 6.62. The topological polar surface area (TPSA) is 32.7 Å². The monoisotopic (exact) mass is 249 g/mol. The number of rotatable bonds is 4. The molecule has 1 aromatic rings. The first-order valence-corrected chi connectivity index (χ1v) is 6.62. The number of aliphatic hydroxyl groups excluding tert-OH is 1. The fraction of sp³-hybridized carbons (Fsp3) is 0.600. The number of aliphatic hydroxyl groups is 1. The van der Waals surface area contributed by atoms with Gasteiger partial charge in [-0.1, -0.05) is 38.1 Å². The second-order valence-electron chi connectivity index (χ2n) is 5.63. The zero-order valence-electron chi connectivity index (χ0n) is 11.4. The van der Waals surface area contributed by atoms with Crippen molar-refractivity contribution >= 4 is 0 Å². The largest absolute Gasteiger partial charge is 0.395 e. The molecule has 1 aliphatic rings. The van der Waals surface area contributed by atoms with Crippen LogP contribution >= 0.6 is 0 Å². The zero-order valence-corrected chi connectivity index (χ0v) is 11.4. The molecule has 0 saturated carbocycles. The molecule has 1 fully saturated rings. The minimum absolute atomic E-state index is 0.166. The molecule has 1 N–H and O–H groups in total. The highest BCUT2D eigenvalue weighted by molar-refractivity contribution is 5.29. The summed E-state index contributed by atoms with van der Waals surface area (Å²) in [7, 11) is 0. The Balaban J connectivity index is 2.07. The van der Waals surface area contributed by atoms with Crippen molar-refractivity contribution in [2.75, 3.05) is 32.9 Å². The van der Waals surface area contributed by atoms with Crippen LogP contribution in [0.5, 0.6) is 0 Å². The lowest BCUT2D eigenvalue weighted by Gasteiger charge is -2.28. The summed E-state index contributed by atoms with van der Waals surface area (Å²) in [4.78, 5) is 2.41. The summed E-state index contributed by atoms with van der Waals surface area (Å²) in [6, 6.07) is 8.56. The number of benzene rings is 1. The van der Waals surface area contributed by atoms with Crippen molar-refractivity contribution in [1.82, 2.24) is 4.90 Å². The van der Waals surface area contributed by atoms with Crippen molar-refractivity contribution in [3.63, 3.8) is 0 Å². The molecule has 0 radical (unpaired) electrons. The predicted molar refractivity (Wildman–Crippen MR) is 72.6 cm³/mol. The van der Waals surface area contributed by atoms with Gasteiger partial charge in [-0.3, -0.25) is 4.90 Å². The van der Waals surface area contributed by atoms with Crippen LogP contribution in [0.4, 0.5) is 0 Å². The van der Waals surface area contributed by atoms with Gasteiger partial charge in [-0.15, -0.1) is 0 Å². The van der Waals surface area contributed by atoms with E-state index in [9.17, 15) is 5.11 Å². The molecular weight excluding hydrogens is 226 g/mol. The fourth-order valence-corrected chi connectivity index (χ4v) is 2.20. The smallest absolute Gasteiger partial charge is 0.0594 e. The standard InChI is InChI=1S/C15H23NO2/c1-15(2,12-17)14-5-3-4-13(10-14)11-16-6-8-18-9-7-16/h3-5,10,17H,6-9,11-12H2,1-2H3. The van der Waals surface area contributed by atoms with Crippen LogP contribution < -0.4 is 0 Å². The molecule has 18 heavy (non-hydrogen) atoms. The van der Waals surface area contributed by atoms with E-state index in [-0.39, 0.29) is 12.0 Å². The average Bonchev–Trinajstić information content (AvgIpc) is 2.40. The third-order valence-corrected chi connectivity index (χ3v) is 3.61. The normalized spacial score (nSPS) is 17.9. The number of nitrogens with zero attached hydrogens (tertiary/aromatic N) is 1. The lowest BCUT2D eigenvalue weighted by molar-refractivity contribution is 0.0341. The molecule has 0 bridgehead atoms. The molecular formula is C15H23NO2. The van der Waals surface area contributed by atoms with Crippen molar-refractivity contribution in [2.45, 2.75) is 25.8 Å². The molecule has 0 amide bonds. The van der Waals surface area contributed by atoms with Crippen molar-refractivity contribution in [2.24, 2.45) is 0 Å². The second-order valence-corrected chi connectivity index (χ2v) is 5.63. The van der Waals surface area contributed by atoms with E-state index >= 15 is 0 Å². The maximum absolute atomic E-state index is 9.43. The van der Waals surface area contributed by atoms with E-state index in [1.54, 1.807) is 0 Å². The summed E-state index contributed by atoms with van der Waals surface area (Å²) in [5.41, 5.74) is 2.35. The Morgan fingerprint density at radius 3 is 2.67 bits per heavy atom. The molecule has 1 aromatic carbocycles. The van der Waals surface area contributed by atoms with Gasteiger partial charge < -0.3 is 9.84 Å².